The van der Waals surface area contributed by atoms with E-state index < -0.39 is 0 Å². The highest BCUT2D eigenvalue weighted by Gasteiger charge is 2.09. The average Bonchev–Trinajstić information content (AvgIpc) is 2.52. The Morgan fingerprint density at radius 3 is 2.67 bits per heavy atom. The van der Waals surface area contributed by atoms with Crippen molar-refractivity contribution in [3.63, 3.8) is 0 Å². The van der Waals surface area contributed by atoms with E-state index in [1.165, 1.54) is 5.56 Å². The van der Waals surface area contributed by atoms with Crippen LogP contribution in [0.15, 0.2) is 59.6 Å². The number of benzene rings is 2. The molecule has 4 nitrogen and oxygen atoms in total. The van der Waals surface area contributed by atoms with E-state index in [4.69, 9.17) is 4.74 Å². The van der Waals surface area contributed by atoms with Crippen molar-refractivity contribution in [1.82, 2.24) is 10.6 Å². The minimum absolute atomic E-state index is 0. The molecule has 0 radical (unpaired) electrons. The van der Waals surface area contributed by atoms with Crippen LogP contribution < -0.4 is 15.4 Å². The zero-order valence-electron chi connectivity index (χ0n) is 11.6. The molecule has 0 fully saturated rings. The molecule has 0 saturated heterocycles. The first kappa shape index (κ1) is 15.6. The predicted molar refractivity (Wildman–Crippen MR) is 95.7 cm³/mol. The van der Waals surface area contributed by atoms with Crippen molar-refractivity contribution >= 4 is 35.6 Å². The van der Waals surface area contributed by atoms with Gasteiger partial charge < -0.3 is 15.4 Å². The van der Waals surface area contributed by atoms with Crippen LogP contribution >= 0.6 is 24.0 Å². The molecular weight excluding hydrogens is 377 g/mol. The SMILES string of the molecule is I.c1ccc(OCCNC2=Nc3ccccc3CN2)cc1. The van der Waals surface area contributed by atoms with Crippen molar-refractivity contribution in [2.75, 3.05) is 13.2 Å². The Bertz CT molecular complexity index is 601. The van der Waals surface area contributed by atoms with Gasteiger partial charge in [0.15, 0.2) is 5.96 Å². The van der Waals surface area contributed by atoms with E-state index in [0.717, 1.165) is 23.9 Å². The normalized spacial score (nSPS) is 12.3. The number of aliphatic imine (C=N–C) groups is 1. The van der Waals surface area contributed by atoms with Crippen LogP contribution in [0.25, 0.3) is 0 Å². The Hall–Kier alpha value is -1.76. The van der Waals surface area contributed by atoms with Crippen LogP contribution in [0.1, 0.15) is 5.56 Å². The summed E-state index contributed by atoms with van der Waals surface area (Å²) in [6.45, 7) is 2.12. The smallest absolute Gasteiger partial charge is 0.196 e. The maximum absolute atomic E-state index is 5.62. The van der Waals surface area contributed by atoms with Gasteiger partial charge in [-0.1, -0.05) is 36.4 Å². The molecule has 0 amide bonds. The highest BCUT2D eigenvalue weighted by molar-refractivity contribution is 14.0. The molecular formula is C16H18IN3O. The van der Waals surface area contributed by atoms with Crippen LogP contribution in [0.3, 0.4) is 0 Å². The molecule has 5 heteroatoms. The summed E-state index contributed by atoms with van der Waals surface area (Å²) in [4.78, 5) is 4.53. The summed E-state index contributed by atoms with van der Waals surface area (Å²) in [5.41, 5.74) is 2.25. The van der Waals surface area contributed by atoms with Crippen LogP contribution in [-0.2, 0) is 6.54 Å². The number of fused-ring (bicyclic) bond motifs is 1. The van der Waals surface area contributed by atoms with Crippen molar-refractivity contribution < 1.29 is 4.74 Å². The third-order valence-corrected chi connectivity index (χ3v) is 3.08. The molecule has 1 aliphatic rings. The third kappa shape index (κ3) is 4.35. The number of hydrogen-bond acceptors (Lipinski definition) is 4. The van der Waals surface area contributed by atoms with E-state index in [-0.39, 0.29) is 24.0 Å². The molecule has 0 aromatic heterocycles. The summed E-state index contributed by atoms with van der Waals surface area (Å²) in [5, 5.41) is 6.50. The summed E-state index contributed by atoms with van der Waals surface area (Å²) in [7, 11) is 0. The third-order valence-electron chi connectivity index (χ3n) is 3.08. The van der Waals surface area contributed by atoms with Gasteiger partial charge in [-0.3, -0.25) is 0 Å². The number of ether oxygens (including phenoxy) is 1. The van der Waals surface area contributed by atoms with Crippen LogP contribution in [0.4, 0.5) is 5.69 Å². The van der Waals surface area contributed by atoms with Crippen LogP contribution in [-0.4, -0.2) is 19.1 Å². The summed E-state index contributed by atoms with van der Waals surface area (Å²) < 4.78 is 5.62. The van der Waals surface area contributed by atoms with Crippen molar-refractivity contribution in [1.29, 1.82) is 0 Å². The fourth-order valence-electron chi connectivity index (χ4n) is 2.07. The Balaban J connectivity index is 0.00000161. The van der Waals surface area contributed by atoms with Gasteiger partial charge in [-0.25, -0.2) is 4.99 Å². The molecule has 1 aliphatic heterocycles. The highest BCUT2D eigenvalue weighted by Crippen LogP contribution is 2.20. The Morgan fingerprint density at radius 1 is 1.05 bits per heavy atom. The topological polar surface area (TPSA) is 45.6 Å². The van der Waals surface area contributed by atoms with E-state index in [0.29, 0.717) is 13.2 Å². The number of para-hydroxylation sites is 2. The first-order valence-corrected chi connectivity index (χ1v) is 6.74. The second kappa shape index (κ2) is 7.87. The van der Waals surface area contributed by atoms with Gasteiger partial charge in [-0.2, -0.15) is 0 Å². The Kier molecular flexibility index (Phi) is 5.86. The molecule has 0 unspecified atom stereocenters. The van der Waals surface area contributed by atoms with Crippen molar-refractivity contribution in [2.45, 2.75) is 6.54 Å². The molecule has 21 heavy (non-hydrogen) atoms. The Morgan fingerprint density at radius 2 is 1.81 bits per heavy atom. The molecule has 0 aliphatic carbocycles. The van der Waals surface area contributed by atoms with Crippen molar-refractivity contribution in [3.05, 3.63) is 60.2 Å². The van der Waals surface area contributed by atoms with E-state index in [1.54, 1.807) is 0 Å². The van der Waals surface area contributed by atoms with E-state index >= 15 is 0 Å². The van der Waals surface area contributed by atoms with Gasteiger partial charge in [0.2, 0.25) is 0 Å². The first-order valence-electron chi connectivity index (χ1n) is 6.74. The maximum atomic E-state index is 5.62. The predicted octanol–water partition coefficient (Wildman–Crippen LogP) is 3.06. The standard InChI is InChI=1S/C16H17N3O.HI/c1-2-7-14(8-3-1)20-11-10-17-16-18-12-13-6-4-5-9-15(13)19-16;/h1-9H,10-12H2,(H2,17,18,19);1H. The molecule has 1 heterocycles. The number of nitrogens with one attached hydrogen (secondary N) is 2. The monoisotopic (exact) mass is 395 g/mol. The van der Waals surface area contributed by atoms with E-state index in [2.05, 4.69) is 21.7 Å². The summed E-state index contributed by atoms with van der Waals surface area (Å²) in [6.07, 6.45) is 0. The average molecular weight is 395 g/mol. The second-order valence-corrected chi connectivity index (χ2v) is 4.53. The minimum atomic E-state index is 0. The summed E-state index contributed by atoms with van der Waals surface area (Å²) >= 11 is 0. The van der Waals surface area contributed by atoms with Gasteiger partial charge in [0.25, 0.3) is 0 Å². The van der Waals surface area contributed by atoms with Crippen molar-refractivity contribution in [2.24, 2.45) is 4.99 Å². The number of halogens is 1. The van der Waals surface area contributed by atoms with Gasteiger partial charge >= 0.3 is 0 Å². The number of hydrogen-bond donors (Lipinski definition) is 2. The number of rotatable bonds is 4. The molecule has 0 bridgehead atoms. The van der Waals surface area contributed by atoms with Gasteiger partial charge in [0, 0.05) is 6.54 Å². The second-order valence-electron chi connectivity index (χ2n) is 4.53. The molecule has 0 spiro atoms. The lowest BCUT2D eigenvalue weighted by molar-refractivity contribution is 0.322. The van der Waals surface area contributed by atoms with Crippen LogP contribution in [0.5, 0.6) is 5.75 Å². The summed E-state index contributed by atoms with van der Waals surface area (Å²) in [5.74, 6) is 1.69. The van der Waals surface area contributed by atoms with Gasteiger partial charge in [0.05, 0.1) is 12.2 Å². The fraction of sp³-hybridized carbons (Fsp3) is 0.188. The lowest BCUT2D eigenvalue weighted by Crippen LogP contribution is -2.40. The highest BCUT2D eigenvalue weighted by atomic mass is 127. The molecule has 3 rings (SSSR count). The molecule has 0 atom stereocenters. The van der Waals surface area contributed by atoms with E-state index in [9.17, 15) is 0 Å². The molecule has 0 saturated carbocycles. The first-order chi connectivity index (χ1) is 9.92. The lowest BCUT2D eigenvalue weighted by atomic mass is 10.1. The quantitative estimate of drug-likeness (QED) is 0.618. The maximum Gasteiger partial charge on any atom is 0.196 e. The van der Waals surface area contributed by atoms with Crippen molar-refractivity contribution in [3.8, 4) is 5.75 Å². The van der Waals surface area contributed by atoms with Gasteiger partial charge in [0.1, 0.15) is 12.4 Å². The summed E-state index contributed by atoms with van der Waals surface area (Å²) in [6, 6.07) is 18.0. The minimum Gasteiger partial charge on any atom is -0.492 e. The fourth-order valence-corrected chi connectivity index (χ4v) is 2.07. The number of guanidine groups is 1. The zero-order chi connectivity index (χ0) is 13.6. The van der Waals surface area contributed by atoms with Crippen LogP contribution in [0.2, 0.25) is 0 Å². The molecule has 2 aromatic rings. The largest absolute Gasteiger partial charge is 0.492 e. The van der Waals surface area contributed by atoms with Crippen LogP contribution in [0, 0.1) is 0 Å². The van der Waals surface area contributed by atoms with Gasteiger partial charge in [-0.15, -0.1) is 24.0 Å². The zero-order valence-corrected chi connectivity index (χ0v) is 13.9. The molecule has 2 N–H and O–H groups in total. The lowest BCUT2D eigenvalue weighted by Gasteiger charge is -2.18. The Labute approximate surface area is 141 Å². The molecule has 2 aromatic carbocycles. The van der Waals surface area contributed by atoms with E-state index in [1.807, 2.05) is 48.5 Å². The molecule has 110 valence electrons. The number of nitrogens with zero attached hydrogens (tertiary/aromatic N) is 1. The van der Waals surface area contributed by atoms with Gasteiger partial charge in [-0.05, 0) is 23.8 Å².